The number of hydrogen-bond acceptors (Lipinski definition) is 5. The zero-order chi connectivity index (χ0) is 15.5. The Hall–Kier alpha value is -2.54. The fourth-order valence-electron chi connectivity index (χ4n) is 1.94. The fraction of sp³-hybridized carbons (Fsp3) is 0.133. The van der Waals surface area contributed by atoms with Gasteiger partial charge in [-0.05, 0) is 31.2 Å². The van der Waals surface area contributed by atoms with Crippen LogP contribution in [-0.2, 0) is 4.79 Å². The summed E-state index contributed by atoms with van der Waals surface area (Å²) in [6, 6.07) is 13.3. The lowest BCUT2D eigenvalue weighted by Gasteiger charge is -2.10. The first kappa shape index (κ1) is 14.4. The molecule has 1 amide bonds. The number of carbonyl (C=O) groups is 1. The third-order valence-corrected chi connectivity index (χ3v) is 4.13. The van der Waals surface area contributed by atoms with E-state index in [1.165, 1.54) is 11.8 Å². The van der Waals surface area contributed by atoms with Gasteiger partial charge in [-0.15, -0.1) is 10.2 Å². The molecule has 3 rings (SSSR count). The summed E-state index contributed by atoms with van der Waals surface area (Å²) in [4.78, 5) is 11.3. The topological polar surface area (TPSA) is 86.9 Å². The van der Waals surface area contributed by atoms with Crippen LogP contribution in [0.15, 0.2) is 58.3 Å². The Morgan fingerprint density at radius 1 is 1.23 bits per heavy atom. The van der Waals surface area contributed by atoms with Crippen LogP contribution in [0, 0.1) is 0 Å². The van der Waals surface area contributed by atoms with Crippen molar-refractivity contribution in [2.24, 2.45) is 5.73 Å². The maximum atomic E-state index is 11.3. The lowest BCUT2D eigenvalue weighted by atomic mass is 10.3. The molecule has 3 aromatic rings. The number of amides is 1. The first-order valence-corrected chi connectivity index (χ1v) is 7.55. The molecule has 0 saturated heterocycles. The minimum absolute atomic E-state index is 0.396. The van der Waals surface area contributed by atoms with Gasteiger partial charge in [-0.25, -0.2) is 0 Å². The Labute approximate surface area is 131 Å². The average molecular weight is 314 g/mol. The van der Waals surface area contributed by atoms with Gasteiger partial charge in [0.05, 0.1) is 11.5 Å². The largest absolute Gasteiger partial charge is 0.461 e. The summed E-state index contributed by atoms with van der Waals surface area (Å²) in [6.07, 6.45) is 1.58. The first-order chi connectivity index (χ1) is 10.7. The highest BCUT2D eigenvalue weighted by Crippen LogP contribution is 2.30. The minimum Gasteiger partial charge on any atom is -0.461 e. The minimum atomic E-state index is -0.406. The number of benzene rings is 1. The Bertz CT molecular complexity index is 768. The van der Waals surface area contributed by atoms with Gasteiger partial charge in [0.1, 0.15) is 0 Å². The molecule has 2 aromatic heterocycles. The normalized spacial score (nSPS) is 12.2. The van der Waals surface area contributed by atoms with E-state index in [0.717, 1.165) is 5.69 Å². The van der Waals surface area contributed by atoms with Crippen LogP contribution in [0.4, 0.5) is 0 Å². The molecule has 0 aliphatic heterocycles. The van der Waals surface area contributed by atoms with Crippen LogP contribution in [0.3, 0.4) is 0 Å². The highest BCUT2D eigenvalue weighted by atomic mass is 32.2. The lowest BCUT2D eigenvalue weighted by molar-refractivity contribution is -0.117. The number of para-hydroxylation sites is 1. The van der Waals surface area contributed by atoms with Crippen molar-refractivity contribution in [3.63, 3.8) is 0 Å². The van der Waals surface area contributed by atoms with Crippen LogP contribution < -0.4 is 5.73 Å². The molecule has 1 atom stereocenters. The Kier molecular flexibility index (Phi) is 3.97. The van der Waals surface area contributed by atoms with E-state index < -0.39 is 11.2 Å². The third-order valence-electron chi connectivity index (χ3n) is 3.07. The molecule has 22 heavy (non-hydrogen) atoms. The summed E-state index contributed by atoms with van der Waals surface area (Å²) in [6.45, 7) is 1.74. The van der Waals surface area contributed by atoms with E-state index in [2.05, 4.69) is 10.2 Å². The number of hydrogen-bond donors (Lipinski definition) is 1. The number of rotatable bonds is 5. The second-order valence-corrected chi connectivity index (χ2v) is 5.92. The summed E-state index contributed by atoms with van der Waals surface area (Å²) in [5.74, 6) is 0.789. The molecule has 0 aliphatic carbocycles. The Balaban J connectivity index is 2.10. The van der Waals surface area contributed by atoms with Crippen molar-refractivity contribution in [3.8, 4) is 17.3 Å². The van der Waals surface area contributed by atoms with Crippen molar-refractivity contribution in [2.45, 2.75) is 17.3 Å². The second kappa shape index (κ2) is 6.07. The van der Waals surface area contributed by atoms with E-state index >= 15 is 0 Å². The zero-order valence-electron chi connectivity index (χ0n) is 11.8. The fourth-order valence-corrected chi connectivity index (χ4v) is 2.76. The van der Waals surface area contributed by atoms with Gasteiger partial charge in [0.2, 0.25) is 11.7 Å². The van der Waals surface area contributed by atoms with Gasteiger partial charge in [-0.3, -0.25) is 9.36 Å². The van der Waals surface area contributed by atoms with Gasteiger partial charge in [-0.1, -0.05) is 30.0 Å². The standard InChI is InChI=1S/C15H14N4O2S/c1-10(13(16)20)22-15-18-17-14(12-8-5-9-21-12)19(15)11-6-3-2-4-7-11/h2-10H,1H3,(H2,16,20)/t10-/m1/s1. The second-order valence-electron chi connectivity index (χ2n) is 4.62. The smallest absolute Gasteiger partial charge is 0.230 e. The molecular formula is C15H14N4O2S. The van der Waals surface area contributed by atoms with Crippen LogP contribution in [0.5, 0.6) is 0 Å². The van der Waals surface area contributed by atoms with Crippen LogP contribution in [0.2, 0.25) is 0 Å². The first-order valence-electron chi connectivity index (χ1n) is 6.67. The zero-order valence-corrected chi connectivity index (χ0v) is 12.7. The van der Waals surface area contributed by atoms with Crippen molar-refractivity contribution in [1.82, 2.24) is 14.8 Å². The number of aromatic nitrogens is 3. The molecule has 1 aromatic carbocycles. The molecule has 0 unspecified atom stereocenters. The SMILES string of the molecule is C[C@@H](Sc1nnc(-c2ccco2)n1-c1ccccc1)C(N)=O. The number of carbonyl (C=O) groups excluding carboxylic acids is 1. The van der Waals surface area contributed by atoms with Crippen molar-refractivity contribution in [3.05, 3.63) is 48.7 Å². The summed E-state index contributed by atoms with van der Waals surface area (Å²) in [5.41, 5.74) is 6.23. The maximum absolute atomic E-state index is 11.3. The Morgan fingerprint density at radius 2 is 2.00 bits per heavy atom. The summed E-state index contributed by atoms with van der Waals surface area (Å²) in [5, 5.41) is 8.55. The molecule has 112 valence electrons. The number of nitrogens with two attached hydrogens (primary N) is 1. The molecule has 0 aliphatic rings. The van der Waals surface area contributed by atoms with Crippen molar-refractivity contribution in [2.75, 3.05) is 0 Å². The molecule has 6 nitrogen and oxygen atoms in total. The number of primary amides is 1. The highest BCUT2D eigenvalue weighted by Gasteiger charge is 2.21. The van der Waals surface area contributed by atoms with Crippen LogP contribution in [0.25, 0.3) is 17.3 Å². The molecule has 0 spiro atoms. The molecule has 2 N–H and O–H groups in total. The number of furan rings is 1. The maximum Gasteiger partial charge on any atom is 0.230 e. The van der Waals surface area contributed by atoms with E-state index in [4.69, 9.17) is 10.2 Å². The molecule has 7 heteroatoms. The molecule has 0 radical (unpaired) electrons. The summed E-state index contributed by atoms with van der Waals surface area (Å²) >= 11 is 1.26. The van der Waals surface area contributed by atoms with Crippen molar-refractivity contribution in [1.29, 1.82) is 0 Å². The quantitative estimate of drug-likeness (QED) is 0.731. The van der Waals surface area contributed by atoms with E-state index in [1.807, 2.05) is 41.0 Å². The molecule has 2 heterocycles. The number of thioether (sulfide) groups is 1. The summed E-state index contributed by atoms with van der Waals surface area (Å²) < 4.78 is 7.27. The molecule has 0 fully saturated rings. The van der Waals surface area contributed by atoms with Gasteiger partial charge < -0.3 is 10.2 Å². The van der Waals surface area contributed by atoms with E-state index in [-0.39, 0.29) is 0 Å². The van der Waals surface area contributed by atoms with Gasteiger partial charge >= 0.3 is 0 Å². The predicted molar refractivity (Wildman–Crippen MR) is 83.6 cm³/mol. The monoisotopic (exact) mass is 314 g/mol. The average Bonchev–Trinajstić information content (AvgIpc) is 3.16. The highest BCUT2D eigenvalue weighted by molar-refractivity contribution is 8.00. The van der Waals surface area contributed by atoms with Gasteiger partial charge in [-0.2, -0.15) is 0 Å². The number of nitrogens with zero attached hydrogens (tertiary/aromatic N) is 3. The van der Waals surface area contributed by atoms with Gasteiger partial charge in [0.25, 0.3) is 0 Å². The van der Waals surface area contributed by atoms with Crippen LogP contribution in [-0.4, -0.2) is 25.9 Å². The van der Waals surface area contributed by atoms with Gasteiger partial charge in [0, 0.05) is 5.69 Å². The van der Waals surface area contributed by atoms with Crippen molar-refractivity contribution < 1.29 is 9.21 Å². The molecule has 0 bridgehead atoms. The van der Waals surface area contributed by atoms with E-state index in [1.54, 1.807) is 19.3 Å². The van der Waals surface area contributed by atoms with Crippen molar-refractivity contribution >= 4 is 17.7 Å². The van der Waals surface area contributed by atoms with Crippen LogP contribution in [0.1, 0.15) is 6.92 Å². The third kappa shape index (κ3) is 2.75. The Morgan fingerprint density at radius 3 is 2.64 bits per heavy atom. The van der Waals surface area contributed by atoms with E-state index in [0.29, 0.717) is 16.7 Å². The molecular weight excluding hydrogens is 300 g/mol. The molecule has 0 saturated carbocycles. The van der Waals surface area contributed by atoms with Crippen LogP contribution >= 0.6 is 11.8 Å². The summed E-state index contributed by atoms with van der Waals surface area (Å²) in [7, 11) is 0. The predicted octanol–water partition coefficient (Wildman–Crippen LogP) is 2.49. The lowest BCUT2D eigenvalue weighted by Crippen LogP contribution is -2.23. The van der Waals surface area contributed by atoms with E-state index in [9.17, 15) is 4.79 Å². The van der Waals surface area contributed by atoms with Gasteiger partial charge in [0.15, 0.2) is 10.9 Å².